The van der Waals surface area contributed by atoms with Crippen molar-refractivity contribution in [2.24, 2.45) is 0 Å². The van der Waals surface area contributed by atoms with Gasteiger partial charge in [-0.15, -0.1) is 0 Å². The lowest BCUT2D eigenvalue weighted by molar-refractivity contribution is 0.0917. The Morgan fingerprint density at radius 1 is 1.11 bits per heavy atom. The molecule has 5 rings (SSSR count). The van der Waals surface area contributed by atoms with E-state index in [9.17, 15) is 4.79 Å². The smallest absolute Gasteiger partial charge is 0.273 e. The Kier molecular flexibility index (Phi) is 8.01. The summed E-state index contributed by atoms with van der Waals surface area (Å²) in [5.41, 5.74) is 1.90. The predicted octanol–water partition coefficient (Wildman–Crippen LogP) is 5.67. The van der Waals surface area contributed by atoms with E-state index in [1.807, 2.05) is 37.3 Å². The van der Waals surface area contributed by atoms with Crippen molar-refractivity contribution in [1.29, 1.82) is 0 Å². The van der Waals surface area contributed by atoms with E-state index in [1.165, 1.54) is 34.9 Å². The molecule has 1 aliphatic rings. The Bertz CT molecular complexity index is 1410. The number of likely N-dealkylation sites (tertiary alicyclic amines) is 1. The largest absolute Gasteiger partial charge is 0.350 e. The summed E-state index contributed by atoms with van der Waals surface area (Å²) in [6, 6.07) is 15.7. The summed E-state index contributed by atoms with van der Waals surface area (Å²) in [7, 11) is 2.11. The van der Waals surface area contributed by atoms with E-state index in [-0.39, 0.29) is 11.1 Å². The van der Waals surface area contributed by atoms with Gasteiger partial charge in [0.15, 0.2) is 16.6 Å². The van der Waals surface area contributed by atoms with E-state index >= 15 is 4.39 Å². The van der Waals surface area contributed by atoms with Crippen LogP contribution in [0.1, 0.15) is 34.5 Å². The van der Waals surface area contributed by atoms with E-state index in [2.05, 4.69) is 49.7 Å². The summed E-state index contributed by atoms with van der Waals surface area (Å²) >= 11 is 2.60. The molecule has 0 bridgehead atoms. The fourth-order valence-corrected chi connectivity index (χ4v) is 6.46. The number of piperidine rings is 1. The van der Waals surface area contributed by atoms with Crippen molar-refractivity contribution in [3.05, 3.63) is 89.8 Å². The third kappa shape index (κ3) is 6.03. The van der Waals surface area contributed by atoms with Crippen LogP contribution in [0.15, 0.2) is 76.2 Å². The number of hydrogen-bond acceptors (Lipinski definition) is 8. The fraction of sp³-hybridized carbons (Fsp3) is 0.286. The molecule has 0 radical (unpaired) electrons. The highest BCUT2D eigenvalue weighted by Gasteiger charge is 2.36. The predicted molar refractivity (Wildman–Crippen MR) is 150 cm³/mol. The molecule has 2 N–H and O–H groups in total. The molecular formula is C28H29FN6OS2. The molecule has 10 heteroatoms. The highest BCUT2D eigenvalue weighted by Crippen LogP contribution is 2.37. The topological polar surface area (TPSA) is 83.0 Å². The molecule has 0 unspecified atom stereocenters. The second kappa shape index (κ2) is 11.6. The van der Waals surface area contributed by atoms with Gasteiger partial charge in [-0.05, 0) is 69.2 Å². The van der Waals surface area contributed by atoms with Crippen molar-refractivity contribution < 1.29 is 9.18 Å². The van der Waals surface area contributed by atoms with Crippen LogP contribution < -0.4 is 10.6 Å². The second-order valence-electron chi connectivity index (χ2n) is 9.53. The van der Waals surface area contributed by atoms with Crippen LogP contribution in [-0.2, 0) is 5.41 Å². The van der Waals surface area contributed by atoms with E-state index in [4.69, 9.17) is 0 Å². The first kappa shape index (κ1) is 26.3. The fourth-order valence-electron chi connectivity index (χ4n) is 4.59. The van der Waals surface area contributed by atoms with Crippen LogP contribution >= 0.6 is 23.1 Å². The summed E-state index contributed by atoms with van der Waals surface area (Å²) in [6.07, 6.45) is 6.71. The van der Waals surface area contributed by atoms with Gasteiger partial charge in [-0.1, -0.05) is 53.4 Å². The monoisotopic (exact) mass is 548 g/mol. The number of anilines is 2. The number of halogens is 1. The lowest BCUT2D eigenvalue weighted by atomic mass is 9.72. The molecule has 4 aromatic rings. The number of hydrogen-bond donors (Lipinski definition) is 2. The van der Waals surface area contributed by atoms with Crippen LogP contribution in [-0.4, -0.2) is 52.4 Å². The van der Waals surface area contributed by atoms with Gasteiger partial charge in [0, 0.05) is 24.4 Å². The molecule has 1 aliphatic heterocycles. The van der Waals surface area contributed by atoms with E-state index < -0.39 is 11.7 Å². The minimum Gasteiger partial charge on any atom is -0.350 e. The highest BCUT2D eigenvalue weighted by molar-refractivity contribution is 8.01. The number of carbonyl (C=O) groups excluding carboxylic acids is 1. The van der Waals surface area contributed by atoms with Crippen LogP contribution in [0.3, 0.4) is 0 Å². The number of carbonyl (C=O) groups is 1. The molecular weight excluding hydrogens is 519 g/mol. The van der Waals surface area contributed by atoms with Crippen molar-refractivity contribution in [2.45, 2.75) is 34.3 Å². The Hall–Kier alpha value is -3.34. The number of nitrogens with zero attached hydrogens (tertiary/aromatic N) is 4. The average molecular weight is 549 g/mol. The minimum atomic E-state index is -0.629. The summed E-state index contributed by atoms with van der Waals surface area (Å²) in [5.74, 6) is -0.436. The first-order valence-electron chi connectivity index (χ1n) is 12.4. The molecule has 3 aromatic heterocycles. The zero-order valence-electron chi connectivity index (χ0n) is 21.3. The van der Waals surface area contributed by atoms with Gasteiger partial charge in [-0.25, -0.2) is 19.3 Å². The molecule has 196 valence electrons. The van der Waals surface area contributed by atoms with Gasteiger partial charge < -0.3 is 15.5 Å². The maximum atomic E-state index is 15.4. The van der Waals surface area contributed by atoms with Crippen LogP contribution in [0, 0.1) is 12.7 Å². The molecule has 38 heavy (non-hydrogen) atoms. The molecule has 0 spiro atoms. The standard InChI is InChI=1S/C28H29FN6OS2/c1-19-8-12-30-22(16-19)34-27-32-17-23(38-27)37-21-9-13-31-25(24(21)29)26(36)33-18-28(10-14-35(2)15-11-28)20-6-4-3-5-7-20/h3-9,12-13,16-17H,10-11,14-15,18H2,1-2H3,(H,33,36)(H,30,32,34). The lowest BCUT2D eigenvalue weighted by Gasteiger charge is -2.41. The van der Waals surface area contributed by atoms with Gasteiger partial charge in [-0.3, -0.25) is 4.79 Å². The number of pyridine rings is 2. The lowest BCUT2D eigenvalue weighted by Crippen LogP contribution is -2.48. The van der Waals surface area contributed by atoms with Crippen LogP contribution in [0.5, 0.6) is 0 Å². The molecule has 4 heterocycles. The number of aryl methyl sites for hydroxylation is 1. The Labute approximate surface area is 229 Å². The Morgan fingerprint density at radius 2 is 1.87 bits per heavy atom. The summed E-state index contributed by atoms with van der Waals surface area (Å²) in [6.45, 7) is 4.30. The van der Waals surface area contributed by atoms with Crippen molar-refractivity contribution in [2.75, 3.05) is 32.0 Å². The zero-order chi connectivity index (χ0) is 26.5. The second-order valence-corrected chi connectivity index (χ2v) is 11.9. The van der Waals surface area contributed by atoms with Crippen LogP contribution in [0.4, 0.5) is 15.3 Å². The first-order chi connectivity index (χ1) is 18.4. The third-order valence-electron chi connectivity index (χ3n) is 6.83. The molecule has 0 aliphatic carbocycles. The maximum Gasteiger partial charge on any atom is 0.273 e. The molecule has 1 aromatic carbocycles. The zero-order valence-corrected chi connectivity index (χ0v) is 22.9. The number of aromatic nitrogens is 3. The van der Waals surface area contributed by atoms with Crippen molar-refractivity contribution in [3.8, 4) is 0 Å². The van der Waals surface area contributed by atoms with Gasteiger partial charge in [0.25, 0.3) is 5.91 Å². The van der Waals surface area contributed by atoms with Crippen molar-refractivity contribution >= 4 is 40.0 Å². The molecule has 1 amide bonds. The Balaban J connectivity index is 1.28. The normalized spacial score (nSPS) is 15.2. The number of rotatable bonds is 8. The van der Waals surface area contributed by atoms with Crippen LogP contribution in [0.25, 0.3) is 0 Å². The van der Waals surface area contributed by atoms with E-state index in [1.54, 1.807) is 18.5 Å². The van der Waals surface area contributed by atoms with Gasteiger partial charge in [0.1, 0.15) is 5.82 Å². The first-order valence-corrected chi connectivity index (χ1v) is 14.1. The number of nitrogens with one attached hydrogen (secondary N) is 2. The maximum absolute atomic E-state index is 15.4. The van der Waals surface area contributed by atoms with Gasteiger partial charge in [-0.2, -0.15) is 0 Å². The number of amides is 1. The van der Waals surface area contributed by atoms with E-state index in [0.29, 0.717) is 22.4 Å². The van der Waals surface area contributed by atoms with Gasteiger partial charge in [0.2, 0.25) is 0 Å². The molecule has 0 saturated carbocycles. The highest BCUT2D eigenvalue weighted by atomic mass is 32.2. The summed E-state index contributed by atoms with van der Waals surface area (Å²) in [4.78, 5) is 28.5. The summed E-state index contributed by atoms with van der Waals surface area (Å²) in [5, 5.41) is 6.82. The van der Waals surface area contributed by atoms with Crippen molar-refractivity contribution in [1.82, 2.24) is 25.2 Å². The molecule has 1 fully saturated rings. The van der Waals surface area contributed by atoms with Gasteiger partial charge in [0.05, 0.1) is 15.3 Å². The SMILES string of the molecule is Cc1ccnc(Nc2ncc(Sc3ccnc(C(=O)NCC4(c5ccccc5)CCN(C)CC4)c3F)s2)c1. The average Bonchev–Trinajstić information content (AvgIpc) is 3.36. The molecule has 7 nitrogen and oxygen atoms in total. The molecule has 1 saturated heterocycles. The number of thiazole rings is 1. The quantitative estimate of drug-likeness (QED) is 0.294. The van der Waals surface area contributed by atoms with Gasteiger partial charge >= 0.3 is 0 Å². The molecule has 0 atom stereocenters. The summed E-state index contributed by atoms with van der Waals surface area (Å²) < 4.78 is 16.2. The van der Waals surface area contributed by atoms with E-state index in [0.717, 1.165) is 35.7 Å². The third-order valence-corrected chi connectivity index (χ3v) is 8.88. The Morgan fingerprint density at radius 3 is 2.63 bits per heavy atom. The van der Waals surface area contributed by atoms with Crippen molar-refractivity contribution in [3.63, 3.8) is 0 Å². The number of benzene rings is 1. The van der Waals surface area contributed by atoms with Crippen LogP contribution in [0.2, 0.25) is 0 Å². The minimum absolute atomic E-state index is 0.190.